The second-order valence-electron chi connectivity index (χ2n) is 2.59. The Bertz CT molecular complexity index is 264. The number of unbranched alkanes of at least 4 members (excludes halogenated alkanes) is 1. The molecule has 0 saturated carbocycles. The summed E-state index contributed by atoms with van der Waals surface area (Å²) in [5, 5.41) is 8.53. The summed E-state index contributed by atoms with van der Waals surface area (Å²) in [5.74, 6) is -1.13. The average Bonchev–Trinajstić information content (AvgIpc) is 2.12. The van der Waals surface area contributed by atoms with Gasteiger partial charge in [-0.3, -0.25) is 4.79 Å². The van der Waals surface area contributed by atoms with Crippen molar-refractivity contribution in [3.05, 3.63) is 0 Å². The van der Waals surface area contributed by atoms with Gasteiger partial charge in [-0.25, -0.2) is 0 Å². The lowest BCUT2D eigenvalue weighted by Gasteiger charge is -2.09. The first-order chi connectivity index (χ1) is 7.96. The van der Waals surface area contributed by atoms with Crippen LogP contribution in [-0.2, 0) is 4.79 Å². The van der Waals surface area contributed by atoms with E-state index in [1.807, 2.05) is 0 Å². The zero-order valence-electron chi connectivity index (χ0n) is 12.8. The van der Waals surface area contributed by atoms with Gasteiger partial charge in [0.25, 0.3) is 0 Å². The molecule has 0 radical (unpaired) electrons. The number of nitrogens with two attached hydrogens (primary N) is 1. The molecular weight excluding hydrogens is 156 g/mol. The predicted molar refractivity (Wildman–Crippen MR) is 48.0 cm³/mol. The quantitative estimate of drug-likeness (QED) is 0.570. The summed E-state index contributed by atoms with van der Waals surface area (Å²) in [6.45, 7) is -5.54. The molecule has 3 N–H and O–H groups in total. The van der Waals surface area contributed by atoms with E-state index in [2.05, 4.69) is 0 Å². The number of carbonyl (C=O) groups is 1. The van der Waals surface area contributed by atoms with Gasteiger partial charge >= 0.3 is 5.97 Å². The molecule has 4 nitrogen and oxygen atoms in total. The molecule has 0 heterocycles. The summed E-state index contributed by atoms with van der Waals surface area (Å²) in [5.41, 5.74) is 5.27. The minimum Gasteiger partial charge on any atom is -0.480 e. The molecule has 0 rings (SSSR count). The Morgan fingerprint density at radius 1 is 1.67 bits per heavy atom. The van der Waals surface area contributed by atoms with Gasteiger partial charge in [-0.2, -0.15) is 0 Å². The highest BCUT2D eigenvalue weighted by atomic mass is 16.4. The second-order valence-corrected chi connectivity index (χ2v) is 2.59. The van der Waals surface area contributed by atoms with Crippen LogP contribution in [0.25, 0.3) is 0 Å². The van der Waals surface area contributed by atoms with E-state index in [-0.39, 0.29) is 19.4 Å². The number of aliphatic carboxylic acids is 1. The van der Waals surface area contributed by atoms with Gasteiger partial charge in [-0.05, 0) is 33.3 Å². The van der Waals surface area contributed by atoms with Crippen molar-refractivity contribution < 1.29 is 18.1 Å². The van der Waals surface area contributed by atoms with Gasteiger partial charge in [-0.15, -0.1) is 0 Å². The molecular formula is C8H18N2O2. The van der Waals surface area contributed by atoms with Gasteiger partial charge < -0.3 is 15.7 Å². The van der Waals surface area contributed by atoms with E-state index in [0.717, 1.165) is 0 Å². The first-order valence-corrected chi connectivity index (χ1v) is 3.72. The average molecular weight is 180 g/mol. The lowest BCUT2D eigenvalue weighted by Crippen LogP contribution is -2.30. The van der Waals surface area contributed by atoms with Crippen molar-refractivity contribution in [1.29, 1.82) is 0 Å². The van der Waals surface area contributed by atoms with E-state index in [0.29, 0.717) is 11.3 Å². The van der Waals surface area contributed by atoms with Gasteiger partial charge in [0, 0.05) is 8.22 Å². The Balaban J connectivity index is 4.19. The van der Waals surface area contributed by atoms with Crippen molar-refractivity contribution in [2.75, 3.05) is 20.5 Å². The monoisotopic (exact) mass is 180 g/mol. The standard InChI is InChI=1S/C8H18N2O2/c1-10(2)6-4-3-5-7(9)8(11)12/h7H,3-6,9H2,1-2H3,(H,11,12)/t7-/m0/s1/i1D3,2D3. The maximum absolute atomic E-state index is 10.4. The van der Waals surface area contributed by atoms with Crippen LogP contribution in [0.5, 0.6) is 0 Å². The van der Waals surface area contributed by atoms with Crippen LogP contribution in [0.1, 0.15) is 27.5 Å². The maximum Gasteiger partial charge on any atom is 0.320 e. The van der Waals surface area contributed by atoms with E-state index in [1.165, 1.54) is 0 Å². The predicted octanol–water partition coefficient (Wildman–Crippen LogP) is 0.130. The Morgan fingerprint density at radius 3 is 2.83 bits per heavy atom. The Labute approximate surface area is 81.8 Å². The number of carboxylic acids is 1. The zero-order chi connectivity index (χ0) is 14.6. The van der Waals surface area contributed by atoms with Crippen molar-refractivity contribution in [3.8, 4) is 0 Å². The van der Waals surface area contributed by atoms with E-state index >= 15 is 0 Å². The smallest absolute Gasteiger partial charge is 0.320 e. The molecule has 0 bridgehead atoms. The molecule has 0 unspecified atom stereocenters. The Morgan fingerprint density at radius 2 is 2.33 bits per heavy atom. The summed E-state index contributed by atoms with van der Waals surface area (Å²) < 4.78 is 42.7. The largest absolute Gasteiger partial charge is 0.480 e. The Hall–Kier alpha value is -0.610. The van der Waals surface area contributed by atoms with E-state index < -0.39 is 26.0 Å². The van der Waals surface area contributed by atoms with Crippen molar-refractivity contribution >= 4 is 5.97 Å². The summed E-state index contributed by atoms with van der Waals surface area (Å²) in [4.78, 5) is 10.9. The first-order valence-electron chi connectivity index (χ1n) is 6.72. The van der Waals surface area contributed by atoms with Gasteiger partial charge in [0.1, 0.15) is 6.04 Å². The van der Waals surface area contributed by atoms with Crippen molar-refractivity contribution in [2.24, 2.45) is 5.73 Å². The molecule has 0 aromatic heterocycles. The summed E-state index contributed by atoms with van der Waals surface area (Å²) >= 11 is 0. The van der Waals surface area contributed by atoms with E-state index in [1.54, 1.807) is 0 Å². The third kappa shape index (κ3) is 6.12. The van der Waals surface area contributed by atoms with Crippen molar-refractivity contribution in [1.82, 2.24) is 4.90 Å². The number of nitrogens with zero attached hydrogens (tertiary/aromatic N) is 1. The number of hydrogen-bond acceptors (Lipinski definition) is 3. The molecule has 12 heavy (non-hydrogen) atoms. The maximum atomic E-state index is 10.4. The number of hydrogen-bond donors (Lipinski definition) is 2. The summed E-state index contributed by atoms with van der Waals surface area (Å²) in [7, 11) is 0. The molecule has 0 spiro atoms. The summed E-state index contributed by atoms with van der Waals surface area (Å²) in [6.07, 6.45) is 0.805. The number of rotatable bonds is 6. The van der Waals surface area contributed by atoms with Crippen LogP contribution in [0.15, 0.2) is 0 Å². The molecule has 0 amide bonds. The van der Waals surface area contributed by atoms with Gasteiger partial charge in [0.2, 0.25) is 0 Å². The molecule has 0 aromatic rings. The lowest BCUT2D eigenvalue weighted by molar-refractivity contribution is -0.138. The van der Waals surface area contributed by atoms with Crippen LogP contribution in [0.3, 0.4) is 0 Å². The first kappa shape index (κ1) is 4.58. The van der Waals surface area contributed by atoms with Gasteiger partial charge in [0.05, 0.1) is 0 Å². The Kier molecular flexibility index (Phi) is 2.28. The fourth-order valence-electron chi connectivity index (χ4n) is 0.758. The molecule has 1 atom stereocenters. The molecule has 0 fully saturated rings. The van der Waals surface area contributed by atoms with Gasteiger partial charge in [-0.1, -0.05) is 6.42 Å². The van der Waals surface area contributed by atoms with Crippen LogP contribution >= 0.6 is 0 Å². The molecule has 0 aliphatic heterocycles. The minimum atomic E-state index is -2.69. The summed E-state index contributed by atoms with van der Waals surface area (Å²) in [6, 6.07) is -1.00. The molecule has 0 aliphatic carbocycles. The van der Waals surface area contributed by atoms with Crippen LogP contribution in [0.2, 0.25) is 0 Å². The highest BCUT2D eigenvalue weighted by molar-refractivity contribution is 5.72. The molecule has 72 valence electrons. The highest BCUT2D eigenvalue weighted by Gasteiger charge is 2.09. The molecule has 4 heteroatoms. The highest BCUT2D eigenvalue weighted by Crippen LogP contribution is 1.99. The van der Waals surface area contributed by atoms with Crippen LogP contribution < -0.4 is 5.73 Å². The lowest BCUT2D eigenvalue weighted by atomic mass is 10.1. The van der Waals surface area contributed by atoms with Crippen LogP contribution in [-0.4, -0.2) is 42.5 Å². The molecule has 0 saturated heterocycles. The third-order valence-corrected chi connectivity index (χ3v) is 1.46. The fraction of sp³-hybridized carbons (Fsp3) is 0.875. The SMILES string of the molecule is [2H]C([2H])([2H])N(CCCC[C@H](N)C(=O)O)C([2H])([2H])[2H]. The fourth-order valence-corrected chi connectivity index (χ4v) is 0.758. The zero-order valence-corrected chi connectivity index (χ0v) is 6.79. The van der Waals surface area contributed by atoms with E-state index in [4.69, 9.17) is 19.1 Å². The second kappa shape index (κ2) is 5.97. The van der Waals surface area contributed by atoms with Crippen molar-refractivity contribution in [2.45, 2.75) is 25.3 Å². The van der Waals surface area contributed by atoms with Crippen LogP contribution in [0.4, 0.5) is 0 Å². The molecule has 0 aromatic carbocycles. The molecule has 0 aliphatic rings. The van der Waals surface area contributed by atoms with Gasteiger partial charge in [0.15, 0.2) is 0 Å². The van der Waals surface area contributed by atoms with Crippen molar-refractivity contribution in [3.63, 3.8) is 0 Å². The third-order valence-electron chi connectivity index (χ3n) is 1.46. The van der Waals surface area contributed by atoms with Crippen LogP contribution in [0, 0.1) is 0 Å². The minimum absolute atomic E-state index is 0.153. The number of carboxylic acid groups (broad SMARTS) is 1. The normalized spacial score (nSPS) is 22.8. The van der Waals surface area contributed by atoms with E-state index in [9.17, 15) is 4.79 Å². The topological polar surface area (TPSA) is 66.6 Å².